The average molecular weight is 492 g/mol. The lowest BCUT2D eigenvalue weighted by atomic mass is 9.72. The summed E-state index contributed by atoms with van der Waals surface area (Å²) in [5.41, 5.74) is 1.86. The van der Waals surface area contributed by atoms with Crippen LogP contribution in [0.5, 0.6) is 5.75 Å². The summed E-state index contributed by atoms with van der Waals surface area (Å²) >= 11 is 0. The predicted octanol–water partition coefficient (Wildman–Crippen LogP) is 5.18. The van der Waals surface area contributed by atoms with Crippen LogP contribution in [0.15, 0.2) is 60.7 Å². The van der Waals surface area contributed by atoms with Gasteiger partial charge in [0.15, 0.2) is 0 Å². The Labute approximate surface area is 209 Å². The van der Waals surface area contributed by atoms with Gasteiger partial charge in [0.25, 0.3) is 0 Å². The zero-order valence-corrected chi connectivity index (χ0v) is 20.6. The lowest BCUT2D eigenvalue weighted by molar-refractivity contribution is -0.121. The monoisotopic (exact) mass is 491 g/mol. The van der Waals surface area contributed by atoms with Gasteiger partial charge in [0.1, 0.15) is 18.2 Å². The largest absolute Gasteiger partial charge is 0.508 e. The van der Waals surface area contributed by atoms with E-state index in [1.807, 2.05) is 45.0 Å². The van der Waals surface area contributed by atoms with E-state index in [1.165, 1.54) is 12.1 Å². The van der Waals surface area contributed by atoms with Gasteiger partial charge in [0, 0.05) is 23.7 Å². The number of aryl methyl sites for hydroxylation is 1. The Morgan fingerprint density at radius 3 is 2.61 bits per heavy atom. The van der Waals surface area contributed by atoms with Gasteiger partial charge in [-0.25, -0.2) is 9.18 Å². The minimum Gasteiger partial charge on any atom is -0.508 e. The van der Waals surface area contributed by atoms with Gasteiger partial charge in [-0.05, 0) is 60.2 Å². The maximum atomic E-state index is 14.0. The first-order valence-corrected chi connectivity index (χ1v) is 11.8. The molecule has 3 aromatic carbocycles. The molecule has 0 radical (unpaired) electrons. The molecule has 3 aromatic rings. The van der Waals surface area contributed by atoms with Crippen LogP contribution in [0.4, 0.5) is 10.1 Å². The topological polar surface area (TPSA) is 95.9 Å². The van der Waals surface area contributed by atoms with Crippen molar-refractivity contribution in [1.82, 2.24) is 0 Å². The van der Waals surface area contributed by atoms with E-state index in [0.717, 1.165) is 17.2 Å². The zero-order valence-electron chi connectivity index (χ0n) is 20.6. The minimum atomic E-state index is -1.47. The van der Waals surface area contributed by atoms with Gasteiger partial charge in [0.2, 0.25) is 5.91 Å². The fourth-order valence-corrected chi connectivity index (χ4v) is 4.99. The van der Waals surface area contributed by atoms with Gasteiger partial charge in [-0.2, -0.15) is 0 Å². The van der Waals surface area contributed by atoms with E-state index >= 15 is 0 Å². The van der Waals surface area contributed by atoms with Crippen LogP contribution in [-0.4, -0.2) is 27.7 Å². The Bertz CT molecular complexity index is 1300. The number of benzene rings is 3. The number of esters is 1. The molecule has 1 heterocycles. The van der Waals surface area contributed by atoms with E-state index < -0.39 is 22.7 Å². The third kappa shape index (κ3) is 5.91. The van der Waals surface area contributed by atoms with Crippen molar-refractivity contribution in [3.05, 3.63) is 94.3 Å². The van der Waals surface area contributed by atoms with Crippen molar-refractivity contribution in [2.75, 3.05) is 5.32 Å². The summed E-state index contributed by atoms with van der Waals surface area (Å²) in [6, 6.07) is 16.5. The molecule has 0 spiro atoms. The quantitative estimate of drug-likeness (QED) is 0.378. The van der Waals surface area contributed by atoms with E-state index in [1.54, 1.807) is 18.2 Å². The SMILES string of the molecule is Cc1cccc(CC(O)(CC(=O)Nc2ccc3c(c2)COC3=O)CC(C)(C)c2cc(O)cc(F)c2)c1. The number of fused-ring (bicyclic) bond motifs is 1. The van der Waals surface area contributed by atoms with Crippen LogP contribution in [0.1, 0.15) is 59.3 Å². The van der Waals surface area contributed by atoms with Gasteiger partial charge in [0.05, 0.1) is 17.6 Å². The molecule has 4 rings (SSSR count). The lowest BCUT2D eigenvalue weighted by Crippen LogP contribution is -2.42. The maximum Gasteiger partial charge on any atom is 0.338 e. The second-order valence-corrected chi connectivity index (χ2v) is 10.3. The van der Waals surface area contributed by atoms with Crippen LogP contribution in [0.25, 0.3) is 0 Å². The number of nitrogens with one attached hydrogen (secondary N) is 1. The van der Waals surface area contributed by atoms with Gasteiger partial charge in [-0.15, -0.1) is 0 Å². The molecular formula is C29H30FNO5. The number of cyclic esters (lactones) is 1. The van der Waals surface area contributed by atoms with Gasteiger partial charge in [-0.1, -0.05) is 43.7 Å². The van der Waals surface area contributed by atoms with E-state index in [9.17, 15) is 24.2 Å². The number of halogens is 1. The molecule has 1 unspecified atom stereocenters. The molecule has 0 fully saturated rings. The van der Waals surface area contributed by atoms with E-state index in [0.29, 0.717) is 22.4 Å². The Hall–Kier alpha value is -3.71. The lowest BCUT2D eigenvalue weighted by Gasteiger charge is -2.37. The Morgan fingerprint density at radius 2 is 1.89 bits per heavy atom. The number of hydrogen-bond donors (Lipinski definition) is 3. The van der Waals surface area contributed by atoms with E-state index in [2.05, 4.69) is 5.32 Å². The molecule has 0 saturated carbocycles. The number of amides is 1. The van der Waals surface area contributed by atoms with Crippen molar-refractivity contribution < 1.29 is 28.9 Å². The molecule has 0 saturated heterocycles. The second kappa shape index (κ2) is 9.74. The zero-order chi connectivity index (χ0) is 26.1. The number of phenols is 1. The summed E-state index contributed by atoms with van der Waals surface area (Å²) in [7, 11) is 0. The highest BCUT2D eigenvalue weighted by Crippen LogP contribution is 2.38. The molecule has 0 aromatic heterocycles. The van der Waals surface area contributed by atoms with Gasteiger partial charge >= 0.3 is 5.97 Å². The minimum absolute atomic E-state index is 0.136. The fourth-order valence-electron chi connectivity index (χ4n) is 4.99. The Morgan fingerprint density at radius 1 is 1.11 bits per heavy atom. The highest BCUT2D eigenvalue weighted by Gasteiger charge is 2.38. The first-order chi connectivity index (χ1) is 16.9. The molecule has 1 amide bonds. The molecule has 6 nitrogen and oxygen atoms in total. The summed E-state index contributed by atoms with van der Waals surface area (Å²) in [6.07, 6.45) is 0.133. The molecule has 1 atom stereocenters. The van der Waals surface area contributed by atoms with Crippen molar-refractivity contribution in [1.29, 1.82) is 0 Å². The van der Waals surface area contributed by atoms with Crippen LogP contribution in [0.3, 0.4) is 0 Å². The number of anilines is 1. The molecule has 7 heteroatoms. The fraction of sp³-hybridized carbons (Fsp3) is 0.310. The highest BCUT2D eigenvalue weighted by atomic mass is 19.1. The Balaban J connectivity index is 1.59. The number of rotatable bonds is 8. The first kappa shape index (κ1) is 25.4. The molecular weight excluding hydrogens is 461 g/mol. The third-order valence-electron chi connectivity index (χ3n) is 6.51. The van der Waals surface area contributed by atoms with Crippen LogP contribution in [-0.2, 0) is 28.0 Å². The molecule has 1 aliphatic rings. The van der Waals surface area contributed by atoms with E-state index in [4.69, 9.17) is 4.74 Å². The molecule has 3 N–H and O–H groups in total. The summed E-state index contributed by atoms with van der Waals surface area (Å²) < 4.78 is 19.1. The van der Waals surface area contributed by atoms with E-state index in [-0.39, 0.29) is 37.6 Å². The average Bonchev–Trinajstić information content (AvgIpc) is 3.12. The van der Waals surface area contributed by atoms with Crippen molar-refractivity contribution >= 4 is 17.6 Å². The van der Waals surface area contributed by atoms with Crippen molar-refractivity contribution in [3.8, 4) is 5.75 Å². The molecule has 1 aliphatic heterocycles. The first-order valence-electron chi connectivity index (χ1n) is 11.8. The number of phenolic OH excluding ortho intramolecular Hbond substituents is 1. The molecule has 36 heavy (non-hydrogen) atoms. The molecule has 0 aliphatic carbocycles. The number of aromatic hydroxyl groups is 1. The third-order valence-corrected chi connectivity index (χ3v) is 6.51. The Kier molecular flexibility index (Phi) is 6.87. The van der Waals surface area contributed by atoms with Crippen LogP contribution < -0.4 is 5.32 Å². The highest BCUT2D eigenvalue weighted by molar-refractivity contribution is 5.96. The van der Waals surface area contributed by atoms with Gasteiger partial charge in [-0.3, -0.25) is 4.79 Å². The van der Waals surface area contributed by atoms with Crippen molar-refractivity contribution in [2.45, 2.75) is 57.7 Å². The van der Waals surface area contributed by atoms with Crippen LogP contribution >= 0.6 is 0 Å². The van der Waals surface area contributed by atoms with Crippen molar-refractivity contribution in [2.24, 2.45) is 0 Å². The maximum absolute atomic E-state index is 14.0. The van der Waals surface area contributed by atoms with Crippen molar-refractivity contribution in [3.63, 3.8) is 0 Å². The standard InChI is InChI=1S/C29H30FNO5/c1-18-5-4-6-19(9-18)14-29(35,17-28(2,3)21-11-22(30)13-24(32)12-21)15-26(33)31-23-7-8-25-20(10-23)16-36-27(25)34/h4-13,32,35H,14-17H2,1-3H3,(H,31,33). The summed E-state index contributed by atoms with van der Waals surface area (Å²) in [5, 5.41) is 24.6. The number of carbonyl (C=O) groups is 2. The smallest absolute Gasteiger partial charge is 0.338 e. The summed E-state index contributed by atoms with van der Waals surface area (Å²) in [4.78, 5) is 24.8. The molecule has 188 valence electrons. The second-order valence-electron chi connectivity index (χ2n) is 10.3. The molecule has 0 bridgehead atoms. The van der Waals surface area contributed by atoms with Gasteiger partial charge < -0.3 is 20.3 Å². The summed E-state index contributed by atoms with van der Waals surface area (Å²) in [5.74, 6) is -1.55. The number of aliphatic hydroxyl groups is 1. The number of ether oxygens (including phenoxy) is 1. The predicted molar refractivity (Wildman–Crippen MR) is 134 cm³/mol. The summed E-state index contributed by atoms with van der Waals surface area (Å²) in [6.45, 7) is 5.80. The number of carbonyl (C=O) groups excluding carboxylic acids is 2. The number of hydrogen-bond acceptors (Lipinski definition) is 5. The normalized spacial score (nSPS) is 14.6. The van der Waals surface area contributed by atoms with Crippen LogP contribution in [0.2, 0.25) is 0 Å². The van der Waals surface area contributed by atoms with Crippen LogP contribution in [0, 0.1) is 12.7 Å².